The van der Waals surface area contributed by atoms with Crippen molar-refractivity contribution in [2.75, 3.05) is 26.3 Å². The van der Waals surface area contributed by atoms with Gasteiger partial charge in [-0.3, -0.25) is 4.79 Å². The molecule has 2 aliphatic rings. The highest BCUT2D eigenvalue weighted by atomic mass is 32.2. The monoisotopic (exact) mass is 342 g/mol. The molecule has 1 saturated carbocycles. The number of carboxylic acid groups (broad SMARTS) is 1. The summed E-state index contributed by atoms with van der Waals surface area (Å²) in [5, 5.41) is 9.82. The SMILES string of the molecule is O=C(O)C1(c2cccn2S(=O)(=O)N2CCOCC2)CCCCC1. The third kappa shape index (κ3) is 2.79. The van der Waals surface area contributed by atoms with Gasteiger partial charge in [-0.2, -0.15) is 12.7 Å². The maximum Gasteiger partial charge on any atom is 0.315 e. The second-order valence-corrected chi connectivity index (χ2v) is 7.96. The molecule has 23 heavy (non-hydrogen) atoms. The number of aliphatic carboxylic acids is 1. The Bertz CT molecular complexity index is 670. The predicted octanol–water partition coefficient (Wildman–Crippen LogP) is 1.20. The van der Waals surface area contributed by atoms with E-state index < -0.39 is 21.6 Å². The summed E-state index contributed by atoms with van der Waals surface area (Å²) in [5.74, 6) is -0.936. The van der Waals surface area contributed by atoms with Crippen molar-refractivity contribution in [2.24, 2.45) is 0 Å². The molecule has 0 radical (unpaired) electrons. The number of hydrogen-bond donors (Lipinski definition) is 1. The van der Waals surface area contributed by atoms with E-state index in [9.17, 15) is 18.3 Å². The number of carbonyl (C=O) groups is 1. The van der Waals surface area contributed by atoms with Gasteiger partial charge in [0, 0.05) is 19.3 Å². The van der Waals surface area contributed by atoms with Gasteiger partial charge in [0.05, 0.1) is 18.9 Å². The molecule has 1 aliphatic heterocycles. The predicted molar refractivity (Wildman–Crippen MR) is 83.5 cm³/mol. The Labute approximate surface area is 136 Å². The van der Waals surface area contributed by atoms with Crippen molar-refractivity contribution >= 4 is 16.2 Å². The standard InChI is InChI=1S/C15H22N2O5S/c18-14(19)15(6-2-1-3-7-15)13-5-4-8-17(13)23(20,21)16-9-11-22-12-10-16/h4-5,8H,1-3,6-7,9-12H2,(H,18,19). The highest BCUT2D eigenvalue weighted by molar-refractivity contribution is 7.87. The van der Waals surface area contributed by atoms with E-state index in [1.165, 1.54) is 10.5 Å². The third-order valence-electron chi connectivity index (χ3n) is 4.86. The number of hydrogen-bond acceptors (Lipinski definition) is 4. The molecule has 0 unspecified atom stereocenters. The minimum atomic E-state index is -3.76. The van der Waals surface area contributed by atoms with Gasteiger partial charge in [0.15, 0.2) is 0 Å². The van der Waals surface area contributed by atoms with E-state index in [4.69, 9.17) is 4.74 Å². The molecule has 1 aliphatic carbocycles. The fourth-order valence-electron chi connectivity index (χ4n) is 3.57. The van der Waals surface area contributed by atoms with Crippen LogP contribution in [0.5, 0.6) is 0 Å². The summed E-state index contributed by atoms with van der Waals surface area (Å²) < 4.78 is 33.6. The van der Waals surface area contributed by atoms with E-state index in [-0.39, 0.29) is 0 Å². The summed E-state index contributed by atoms with van der Waals surface area (Å²) in [6.07, 6.45) is 5.01. The summed E-state index contributed by atoms with van der Waals surface area (Å²) in [7, 11) is -3.76. The number of aromatic nitrogens is 1. The summed E-state index contributed by atoms with van der Waals surface area (Å²) in [5.41, 5.74) is -0.739. The van der Waals surface area contributed by atoms with E-state index >= 15 is 0 Å². The van der Waals surface area contributed by atoms with Gasteiger partial charge in [0.2, 0.25) is 0 Å². The number of rotatable bonds is 4. The molecule has 8 heteroatoms. The number of carboxylic acids is 1. The number of ether oxygens (including phenoxy) is 1. The molecule has 0 bridgehead atoms. The molecule has 1 aromatic heterocycles. The molecule has 1 N–H and O–H groups in total. The lowest BCUT2D eigenvalue weighted by atomic mass is 9.72. The van der Waals surface area contributed by atoms with Crippen LogP contribution in [0.15, 0.2) is 18.3 Å². The highest BCUT2D eigenvalue weighted by Crippen LogP contribution is 2.40. The Kier molecular flexibility index (Phi) is 4.48. The lowest BCUT2D eigenvalue weighted by Gasteiger charge is -2.35. The van der Waals surface area contributed by atoms with Crippen LogP contribution >= 0.6 is 0 Å². The Morgan fingerprint density at radius 1 is 1.17 bits per heavy atom. The zero-order valence-corrected chi connectivity index (χ0v) is 13.8. The Hall–Kier alpha value is -1.38. The molecule has 0 amide bonds. The van der Waals surface area contributed by atoms with E-state index in [0.29, 0.717) is 44.8 Å². The summed E-state index contributed by atoms with van der Waals surface area (Å²) in [6.45, 7) is 1.31. The van der Waals surface area contributed by atoms with Crippen LogP contribution in [-0.4, -0.2) is 54.1 Å². The Balaban J connectivity index is 2.02. The molecule has 3 rings (SSSR count). The average Bonchev–Trinajstić information content (AvgIpc) is 3.07. The number of morpholine rings is 1. The van der Waals surface area contributed by atoms with Crippen molar-refractivity contribution in [3.63, 3.8) is 0 Å². The van der Waals surface area contributed by atoms with Crippen LogP contribution in [0.25, 0.3) is 0 Å². The quantitative estimate of drug-likeness (QED) is 0.888. The van der Waals surface area contributed by atoms with Crippen molar-refractivity contribution in [3.05, 3.63) is 24.0 Å². The van der Waals surface area contributed by atoms with Gasteiger partial charge in [-0.05, 0) is 25.0 Å². The fourth-order valence-corrected chi connectivity index (χ4v) is 5.14. The fraction of sp³-hybridized carbons (Fsp3) is 0.667. The first kappa shape index (κ1) is 16.5. The van der Waals surface area contributed by atoms with Crippen LogP contribution in [-0.2, 0) is 25.2 Å². The van der Waals surface area contributed by atoms with Crippen molar-refractivity contribution < 1.29 is 23.1 Å². The van der Waals surface area contributed by atoms with Crippen molar-refractivity contribution in [3.8, 4) is 0 Å². The van der Waals surface area contributed by atoms with Crippen molar-refractivity contribution in [2.45, 2.75) is 37.5 Å². The van der Waals surface area contributed by atoms with Crippen LogP contribution in [0, 0.1) is 0 Å². The van der Waals surface area contributed by atoms with E-state index in [1.54, 1.807) is 12.1 Å². The van der Waals surface area contributed by atoms with Crippen LogP contribution < -0.4 is 0 Å². The largest absolute Gasteiger partial charge is 0.481 e. The molecule has 0 atom stereocenters. The zero-order chi connectivity index (χ0) is 16.5. The van der Waals surface area contributed by atoms with E-state index in [2.05, 4.69) is 0 Å². The Morgan fingerprint density at radius 3 is 2.43 bits per heavy atom. The van der Waals surface area contributed by atoms with Crippen LogP contribution in [0.3, 0.4) is 0 Å². The van der Waals surface area contributed by atoms with Gasteiger partial charge in [-0.1, -0.05) is 19.3 Å². The third-order valence-corrected chi connectivity index (χ3v) is 6.70. The van der Waals surface area contributed by atoms with Gasteiger partial charge in [0.1, 0.15) is 5.41 Å². The molecule has 7 nitrogen and oxygen atoms in total. The average molecular weight is 342 g/mol. The van der Waals surface area contributed by atoms with Gasteiger partial charge < -0.3 is 9.84 Å². The summed E-state index contributed by atoms with van der Waals surface area (Å²) in [4.78, 5) is 12.0. The first-order valence-electron chi connectivity index (χ1n) is 7.98. The summed E-state index contributed by atoms with van der Waals surface area (Å²) in [6, 6.07) is 3.25. The smallest absolute Gasteiger partial charge is 0.315 e. The molecule has 0 spiro atoms. The zero-order valence-electron chi connectivity index (χ0n) is 13.0. The molecule has 2 heterocycles. The minimum absolute atomic E-state index is 0.292. The maximum atomic E-state index is 12.9. The van der Waals surface area contributed by atoms with Crippen LogP contribution in [0.4, 0.5) is 0 Å². The van der Waals surface area contributed by atoms with Gasteiger partial charge in [-0.25, -0.2) is 3.97 Å². The van der Waals surface area contributed by atoms with Crippen LogP contribution in [0.1, 0.15) is 37.8 Å². The van der Waals surface area contributed by atoms with Gasteiger partial charge in [0.25, 0.3) is 0 Å². The molecule has 128 valence electrons. The molecular weight excluding hydrogens is 320 g/mol. The minimum Gasteiger partial charge on any atom is -0.481 e. The Morgan fingerprint density at radius 2 is 1.83 bits per heavy atom. The van der Waals surface area contributed by atoms with Crippen molar-refractivity contribution in [1.82, 2.24) is 8.28 Å². The van der Waals surface area contributed by atoms with E-state index in [1.807, 2.05) is 0 Å². The second-order valence-electron chi connectivity index (χ2n) is 6.16. The first-order chi connectivity index (χ1) is 11.0. The molecule has 0 aromatic carbocycles. The topological polar surface area (TPSA) is 88.8 Å². The lowest BCUT2D eigenvalue weighted by Crippen LogP contribution is -2.46. The molecule has 2 fully saturated rings. The second kappa shape index (κ2) is 6.26. The molecular formula is C15H22N2O5S. The van der Waals surface area contributed by atoms with Crippen molar-refractivity contribution in [1.29, 1.82) is 0 Å². The van der Waals surface area contributed by atoms with Gasteiger partial charge >= 0.3 is 16.2 Å². The van der Waals surface area contributed by atoms with Crippen LogP contribution in [0.2, 0.25) is 0 Å². The summed E-state index contributed by atoms with van der Waals surface area (Å²) >= 11 is 0. The first-order valence-corrected chi connectivity index (χ1v) is 9.38. The maximum absolute atomic E-state index is 12.9. The van der Waals surface area contributed by atoms with Gasteiger partial charge in [-0.15, -0.1) is 0 Å². The normalized spacial score (nSPS) is 22.8. The molecule has 1 aromatic rings. The highest BCUT2D eigenvalue weighted by Gasteiger charge is 2.45. The lowest BCUT2D eigenvalue weighted by molar-refractivity contribution is -0.145. The number of nitrogens with zero attached hydrogens (tertiary/aromatic N) is 2. The molecule has 1 saturated heterocycles. The van der Waals surface area contributed by atoms with E-state index in [0.717, 1.165) is 23.2 Å².